The molecular weight excluding hydrogens is 244 g/mol. The van der Waals surface area contributed by atoms with Gasteiger partial charge >= 0.3 is 0 Å². The van der Waals surface area contributed by atoms with Crippen LogP contribution in [-0.4, -0.2) is 28.3 Å². The molecule has 0 unspecified atom stereocenters. The maximum Gasteiger partial charge on any atom is 0.233 e. The van der Waals surface area contributed by atoms with Crippen LogP contribution in [-0.2, 0) is 16.1 Å². The number of imide groups is 1. The van der Waals surface area contributed by atoms with E-state index in [2.05, 4.69) is 4.98 Å². The third kappa shape index (κ3) is 2.59. The lowest BCUT2D eigenvalue weighted by atomic mass is 10.00. The first-order chi connectivity index (χ1) is 9.04. The Labute approximate surface area is 112 Å². The molecule has 2 rings (SSSR count). The maximum atomic E-state index is 12.0. The number of carbonyl (C=O) groups excluding carboxylic acids is 2. The second kappa shape index (κ2) is 5.38. The Hall–Kier alpha value is -1.91. The number of amides is 2. The number of likely N-dealkylation sites (tertiary alicyclic amines) is 1. The summed E-state index contributed by atoms with van der Waals surface area (Å²) in [5.41, 5.74) is 0.687. The second-order valence-corrected chi connectivity index (χ2v) is 4.76. The highest BCUT2D eigenvalue weighted by molar-refractivity contribution is 6.04. The molecule has 0 aliphatic carbocycles. The lowest BCUT2D eigenvalue weighted by Crippen LogP contribution is -2.30. The van der Waals surface area contributed by atoms with Gasteiger partial charge in [0.25, 0.3) is 0 Å². The van der Waals surface area contributed by atoms with Crippen LogP contribution in [0.5, 0.6) is 5.75 Å². The first kappa shape index (κ1) is 13.5. The third-order valence-corrected chi connectivity index (χ3v) is 3.49. The highest BCUT2D eigenvalue weighted by Crippen LogP contribution is 2.26. The van der Waals surface area contributed by atoms with Crippen LogP contribution in [0.2, 0.25) is 0 Å². The van der Waals surface area contributed by atoms with Crippen molar-refractivity contribution in [1.29, 1.82) is 0 Å². The average molecular weight is 262 g/mol. The number of hydrogen-bond donors (Lipinski definition) is 0. The predicted octanol–water partition coefficient (Wildman–Crippen LogP) is 1.62. The first-order valence-corrected chi connectivity index (χ1v) is 6.47. The molecule has 2 atom stereocenters. The Bertz CT molecular complexity index is 464. The molecule has 0 saturated carbocycles. The molecule has 1 fully saturated rings. The summed E-state index contributed by atoms with van der Waals surface area (Å²) in [5.74, 6) is -0.0289. The van der Waals surface area contributed by atoms with Gasteiger partial charge in [-0.1, -0.05) is 13.8 Å². The van der Waals surface area contributed by atoms with Crippen LogP contribution in [0.15, 0.2) is 18.3 Å². The normalized spacial score (nSPS) is 23.0. The molecule has 0 radical (unpaired) electrons. The predicted molar refractivity (Wildman–Crippen MR) is 69.3 cm³/mol. The van der Waals surface area contributed by atoms with Crippen LogP contribution in [0.4, 0.5) is 0 Å². The van der Waals surface area contributed by atoms with Gasteiger partial charge < -0.3 is 4.74 Å². The maximum absolute atomic E-state index is 12.0. The van der Waals surface area contributed by atoms with Crippen molar-refractivity contribution in [2.24, 2.45) is 11.8 Å². The molecule has 1 aromatic heterocycles. The number of aromatic nitrogens is 1. The number of carbonyl (C=O) groups is 2. The van der Waals surface area contributed by atoms with Crippen molar-refractivity contribution in [3.8, 4) is 5.75 Å². The zero-order valence-electron chi connectivity index (χ0n) is 11.4. The summed E-state index contributed by atoms with van der Waals surface area (Å²) in [4.78, 5) is 29.4. The second-order valence-electron chi connectivity index (χ2n) is 4.76. The van der Waals surface area contributed by atoms with Crippen LogP contribution in [0, 0.1) is 11.8 Å². The number of nitrogens with zero attached hydrogens (tertiary/aromatic N) is 2. The molecule has 1 aromatic rings. The molecular formula is C14H18N2O3. The largest absolute Gasteiger partial charge is 0.492 e. The van der Waals surface area contributed by atoms with Crippen molar-refractivity contribution >= 4 is 11.8 Å². The third-order valence-electron chi connectivity index (χ3n) is 3.49. The van der Waals surface area contributed by atoms with Gasteiger partial charge in [-0.15, -0.1) is 0 Å². The molecule has 102 valence electrons. The summed E-state index contributed by atoms with van der Waals surface area (Å²) in [7, 11) is 0. The smallest absolute Gasteiger partial charge is 0.233 e. The van der Waals surface area contributed by atoms with Crippen LogP contribution in [0.1, 0.15) is 26.5 Å². The van der Waals surface area contributed by atoms with E-state index < -0.39 is 0 Å². The minimum absolute atomic E-state index is 0.117. The zero-order valence-corrected chi connectivity index (χ0v) is 11.4. The van der Waals surface area contributed by atoms with Gasteiger partial charge in [-0.2, -0.15) is 0 Å². The highest BCUT2D eigenvalue weighted by Gasteiger charge is 2.42. The molecule has 19 heavy (non-hydrogen) atoms. The van der Waals surface area contributed by atoms with E-state index in [-0.39, 0.29) is 30.2 Å². The summed E-state index contributed by atoms with van der Waals surface area (Å²) in [6.45, 7) is 6.29. The molecule has 2 heterocycles. The molecule has 1 saturated heterocycles. The lowest BCUT2D eigenvalue weighted by molar-refractivity contribution is -0.140. The molecule has 0 aromatic carbocycles. The fraction of sp³-hybridized carbons (Fsp3) is 0.500. The van der Waals surface area contributed by atoms with Gasteiger partial charge in [0.15, 0.2) is 0 Å². The topological polar surface area (TPSA) is 59.5 Å². The van der Waals surface area contributed by atoms with E-state index in [1.807, 2.05) is 6.92 Å². The van der Waals surface area contributed by atoms with Crippen molar-refractivity contribution in [1.82, 2.24) is 9.88 Å². The van der Waals surface area contributed by atoms with Crippen molar-refractivity contribution < 1.29 is 14.3 Å². The summed E-state index contributed by atoms with van der Waals surface area (Å²) in [6, 6.07) is 3.57. The van der Waals surface area contributed by atoms with Crippen LogP contribution in [0.3, 0.4) is 0 Å². The van der Waals surface area contributed by atoms with Crippen LogP contribution < -0.4 is 4.74 Å². The van der Waals surface area contributed by atoms with Crippen LogP contribution in [0.25, 0.3) is 0 Å². The van der Waals surface area contributed by atoms with Gasteiger partial charge in [0.2, 0.25) is 11.8 Å². The SMILES string of the molecule is CCOc1ccc(CN2C(=O)[C@@H](C)[C@@H](C)C2=O)nc1. The Kier molecular flexibility index (Phi) is 3.83. The molecule has 5 nitrogen and oxygen atoms in total. The number of rotatable bonds is 4. The van der Waals surface area contributed by atoms with Gasteiger partial charge in [-0.3, -0.25) is 19.5 Å². The van der Waals surface area contributed by atoms with Crippen molar-refractivity contribution in [3.05, 3.63) is 24.0 Å². The molecule has 0 N–H and O–H groups in total. The summed E-state index contributed by atoms with van der Waals surface area (Å²) in [5, 5.41) is 0. The van der Waals surface area contributed by atoms with E-state index in [0.717, 1.165) is 0 Å². The molecule has 0 bridgehead atoms. The van der Waals surface area contributed by atoms with Gasteiger partial charge in [0.1, 0.15) is 5.75 Å². The number of pyridine rings is 1. The fourth-order valence-corrected chi connectivity index (χ4v) is 2.10. The summed E-state index contributed by atoms with van der Waals surface area (Å²) < 4.78 is 5.30. The van der Waals surface area contributed by atoms with Gasteiger partial charge in [-0.05, 0) is 19.1 Å². The Morgan fingerprint density at radius 1 is 1.21 bits per heavy atom. The van der Waals surface area contributed by atoms with E-state index in [1.54, 1.807) is 32.2 Å². The van der Waals surface area contributed by atoms with Crippen molar-refractivity contribution in [2.75, 3.05) is 6.61 Å². The number of hydrogen-bond acceptors (Lipinski definition) is 4. The number of ether oxygens (including phenoxy) is 1. The van der Waals surface area contributed by atoms with Crippen LogP contribution >= 0.6 is 0 Å². The summed E-state index contributed by atoms with van der Waals surface area (Å²) >= 11 is 0. The van der Waals surface area contributed by atoms with Gasteiger partial charge in [0.05, 0.1) is 25.0 Å². The Morgan fingerprint density at radius 2 is 1.84 bits per heavy atom. The molecule has 2 amide bonds. The molecule has 1 aliphatic rings. The molecule has 5 heteroatoms. The first-order valence-electron chi connectivity index (χ1n) is 6.47. The van der Waals surface area contributed by atoms with E-state index in [4.69, 9.17) is 4.74 Å². The van der Waals surface area contributed by atoms with E-state index in [9.17, 15) is 9.59 Å². The monoisotopic (exact) mass is 262 g/mol. The van der Waals surface area contributed by atoms with Crippen molar-refractivity contribution in [3.63, 3.8) is 0 Å². The standard InChI is InChI=1S/C14H18N2O3/c1-4-19-12-6-5-11(15-7-12)8-16-13(17)9(2)10(3)14(16)18/h5-7,9-10H,4,8H2,1-3H3/t9-,10+. The van der Waals surface area contributed by atoms with Gasteiger partial charge in [0, 0.05) is 11.8 Å². The highest BCUT2D eigenvalue weighted by atomic mass is 16.5. The quantitative estimate of drug-likeness (QED) is 0.774. The lowest BCUT2D eigenvalue weighted by Gasteiger charge is -2.14. The zero-order chi connectivity index (χ0) is 14.0. The average Bonchev–Trinajstić information content (AvgIpc) is 2.59. The van der Waals surface area contributed by atoms with E-state index in [0.29, 0.717) is 18.1 Å². The Morgan fingerprint density at radius 3 is 2.32 bits per heavy atom. The van der Waals surface area contributed by atoms with Gasteiger partial charge in [-0.25, -0.2) is 0 Å². The Balaban J connectivity index is 2.09. The minimum atomic E-state index is -0.241. The fourth-order valence-electron chi connectivity index (χ4n) is 2.10. The minimum Gasteiger partial charge on any atom is -0.492 e. The molecule has 0 spiro atoms. The molecule has 1 aliphatic heterocycles. The van der Waals surface area contributed by atoms with E-state index in [1.165, 1.54) is 4.90 Å². The summed E-state index contributed by atoms with van der Waals surface area (Å²) in [6.07, 6.45) is 1.61. The van der Waals surface area contributed by atoms with E-state index >= 15 is 0 Å². The van der Waals surface area contributed by atoms with Crippen molar-refractivity contribution in [2.45, 2.75) is 27.3 Å².